The first-order chi connectivity index (χ1) is 12.3. The SMILES string of the molecule is C[C@@H](OC(=O)CSc1ccc([N+](=O)[O-])cc1)C(=O)Nc1ccc(F)cc1. The fraction of sp³-hybridized carbons (Fsp3) is 0.176. The summed E-state index contributed by atoms with van der Waals surface area (Å²) in [5.74, 6) is -1.61. The molecule has 9 heteroatoms. The number of nitrogens with zero attached hydrogens (tertiary/aromatic N) is 1. The van der Waals surface area contributed by atoms with Crippen LogP contribution in [0.2, 0.25) is 0 Å². The van der Waals surface area contributed by atoms with Gasteiger partial charge in [0, 0.05) is 22.7 Å². The first-order valence-electron chi connectivity index (χ1n) is 7.48. The van der Waals surface area contributed by atoms with Gasteiger partial charge in [0.15, 0.2) is 6.10 Å². The minimum Gasteiger partial charge on any atom is -0.452 e. The van der Waals surface area contributed by atoms with Crippen molar-refractivity contribution in [1.29, 1.82) is 0 Å². The van der Waals surface area contributed by atoms with Crippen LogP contribution in [-0.2, 0) is 14.3 Å². The molecule has 0 heterocycles. The second-order valence-corrected chi connectivity index (χ2v) is 6.22. The summed E-state index contributed by atoms with van der Waals surface area (Å²) in [6, 6.07) is 10.9. The number of halogens is 1. The van der Waals surface area contributed by atoms with E-state index in [9.17, 15) is 24.1 Å². The van der Waals surface area contributed by atoms with Crippen molar-refractivity contribution in [2.75, 3.05) is 11.1 Å². The van der Waals surface area contributed by atoms with Gasteiger partial charge in [-0.3, -0.25) is 19.7 Å². The van der Waals surface area contributed by atoms with Gasteiger partial charge in [0.05, 0.1) is 10.7 Å². The van der Waals surface area contributed by atoms with Crippen LogP contribution in [0.15, 0.2) is 53.4 Å². The fourth-order valence-corrected chi connectivity index (χ4v) is 2.55. The molecule has 26 heavy (non-hydrogen) atoms. The summed E-state index contributed by atoms with van der Waals surface area (Å²) in [7, 11) is 0. The molecule has 0 aromatic heterocycles. The van der Waals surface area contributed by atoms with Crippen LogP contribution in [0.1, 0.15) is 6.92 Å². The van der Waals surface area contributed by atoms with Crippen molar-refractivity contribution >= 4 is 35.0 Å². The Bertz CT molecular complexity index is 796. The molecule has 0 saturated carbocycles. The number of nitrogens with one attached hydrogen (secondary N) is 1. The second kappa shape index (κ2) is 8.95. The minimum absolute atomic E-state index is 0.0389. The van der Waals surface area contributed by atoms with Crippen molar-refractivity contribution in [3.05, 3.63) is 64.5 Å². The summed E-state index contributed by atoms with van der Waals surface area (Å²) in [6.07, 6.45) is -1.02. The van der Waals surface area contributed by atoms with Crippen LogP contribution in [0.5, 0.6) is 0 Å². The maximum atomic E-state index is 12.8. The number of carbonyl (C=O) groups is 2. The number of rotatable bonds is 7. The summed E-state index contributed by atoms with van der Waals surface area (Å²) in [4.78, 5) is 34.5. The maximum absolute atomic E-state index is 12.8. The van der Waals surface area contributed by atoms with Crippen LogP contribution in [0.25, 0.3) is 0 Å². The molecule has 0 spiro atoms. The van der Waals surface area contributed by atoms with Crippen molar-refractivity contribution in [2.24, 2.45) is 0 Å². The van der Waals surface area contributed by atoms with Gasteiger partial charge in [-0.15, -0.1) is 11.8 Å². The van der Waals surface area contributed by atoms with Gasteiger partial charge >= 0.3 is 5.97 Å². The van der Waals surface area contributed by atoms with Gasteiger partial charge < -0.3 is 10.1 Å². The second-order valence-electron chi connectivity index (χ2n) is 5.17. The van der Waals surface area contributed by atoms with Crippen molar-refractivity contribution in [2.45, 2.75) is 17.9 Å². The number of ether oxygens (including phenoxy) is 1. The molecule has 0 aliphatic carbocycles. The highest BCUT2D eigenvalue weighted by Crippen LogP contribution is 2.21. The van der Waals surface area contributed by atoms with Crippen LogP contribution >= 0.6 is 11.8 Å². The van der Waals surface area contributed by atoms with E-state index in [1.807, 2.05) is 0 Å². The molecule has 1 N–H and O–H groups in total. The average Bonchev–Trinajstić information content (AvgIpc) is 2.62. The number of esters is 1. The van der Waals surface area contributed by atoms with E-state index < -0.39 is 28.7 Å². The van der Waals surface area contributed by atoms with Crippen LogP contribution in [-0.4, -0.2) is 28.7 Å². The van der Waals surface area contributed by atoms with Crippen molar-refractivity contribution in [3.63, 3.8) is 0 Å². The molecule has 0 unspecified atom stereocenters. The summed E-state index contributed by atoms with van der Waals surface area (Å²) < 4.78 is 17.9. The molecule has 2 rings (SSSR count). The first kappa shape index (κ1) is 19.4. The monoisotopic (exact) mass is 378 g/mol. The van der Waals surface area contributed by atoms with Gasteiger partial charge in [0.25, 0.3) is 11.6 Å². The number of nitro groups is 1. The lowest BCUT2D eigenvalue weighted by molar-refractivity contribution is -0.384. The Morgan fingerprint density at radius 2 is 1.81 bits per heavy atom. The van der Waals surface area contributed by atoms with Gasteiger partial charge in [0.2, 0.25) is 0 Å². The van der Waals surface area contributed by atoms with E-state index in [0.717, 1.165) is 11.8 Å². The van der Waals surface area contributed by atoms with Crippen LogP contribution in [0.4, 0.5) is 15.8 Å². The molecule has 136 valence electrons. The number of non-ortho nitro benzene ring substituents is 1. The smallest absolute Gasteiger partial charge is 0.317 e. The van der Waals surface area contributed by atoms with Gasteiger partial charge in [0.1, 0.15) is 5.82 Å². The molecule has 2 aromatic rings. The van der Waals surface area contributed by atoms with E-state index >= 15 is 0 Å². The molecular formula is C17H15FN2O5S. The van der Waals surface area contributed by atoms with Crippen molar-refractivity contribution < 1.29 is 23.6 Å². The average molecular weight is 378 g/mol. The third-order valence-electron chi connectivity index (χ3n) is 3.19. The number of hydrogen-bond donors (Lipinski definition) is 1. The van der Waals surface area contributed by atoms with Gasteiger partial charge in [-0.2, -0.15) is 0 Å². The molecule has 0 aliphatic heterocycles. The lowest BCUT2D eigenvalue weighted by Gasteiger charge is -2.13. The molecule has 0 fully saturated rings. The normalized spacial score (nSPS) is 11.5. The number of thioether (sulfide) groups is 1. The van der Waals surface area contributed by atoms with Gasteiger partial charge in [-0.25, -0.2) is 4.39 Å². The van der Waals surface area contributed by atoms with Crippen LogP contribution in [0.3, 0.4) is 0 Å². The molecule has 1 amide bonds. The summed E-state index contributed by atoms with van der Waals surface area (Å²) in [6.45, 7) is 1.42. The van der Waals surface area contributed by atoms with E-state index in [2.05, 4.69) is 5.32 Å². The van der Waals surface area contributed by atoms with Gasteiger partial charge in [-0.05, 0) is 43.3 Å². The molecule has 0 aliphatic rings. The molecule has 1 atom stereocenters. The van der Waals surface area contributed by atoms with Crippen LogP contribution in [0, 0.1) is 15.9 Å². The zero-order valence-electron chi connectivity index (χ0n) is 13.7. The summed E-state index contributed by atoms with van der Waals surface area (Å²) in [5, 5.41) is 13.1. The van der Waals surface area contributed by atoms with E-state index in [1.165, 1.54) is 55.5 Å². The molecule has 7 nitrogen and oxygen atoms in total. The Hall–Kier alpha value is -2.94. The van der Waals surface area contributed by atoms with E-state index in [0.29, 0.717) is 10.6 Å². The maximum Gasteiger partial charge on any atom is 0.317 e. The molecule has 0 bridgehead atoms. The van der Waals surface area contributed by atoms with Crippen LogP contribution < -0.4 is 5.32 Å². The zero-order chi connectivity index (χ0) is 19.1. The Morgan fingerprint density at radius 3 is 2.38 bits per heavy atom. The molecule has 0 saturated heterocycles. The Kier molecular flexibility index (Phi) is 6.67. The number of amides is 1. The van der Waals surface area contributed by atoms with Gasteiger partial charge in [-0.1, -0.05) is 0 Å². The predicted octanol–water partition coefficient (Wildman–Crippen LogP) is 3.40. The number of hydrogen-bond acceptors (Lipinski definition) is 6. The molecule has 2 aromatic carbocycles. The quantitative estimate of drug-likeness (QED) is 0.343. The van der Waals surface area contributed by atoms with E-state index in [4.69, 9.17) is 4.74 Å². The Balaban J connectivity index is 1.79. The lowest BCUT2D eigenvalue weighted by atomic mass is 10.3. The lowest BCUT2D eigenvalue weighted by Crippen LogP contribution is -2.30. The Morgan fingerprint density at radius 1 is 1.19 bits per heavy atom. The predicted molar refractivity (Wildman–Crippen MR) is 94.4 cm³/mol. The van der Waals surface area contributed by atoms with Crippen molar-refractivity contribution in [3.8, 4) is 0 Å². The highest BCUT2D eigenvalue weighted by atomic mass is 32.2. The number of carbonyl (C=O) groups excluding carboxylic acids is 2. The highest BCUT2D eigenvalue weighted by Gasteiger charge is 2.18. The number of nitro benzene ring substituents is 1. The number of anilines is 1. The third-order valence-corrected chi connectivity index (χ3v) is 4.18. The van der Waals surface area contributed by atoms with Crippen molar-refractivity contribution in [1.82, 2.24) is 0 Å². The molecular weight excluding hydrogens is 363 g/mol. The summed E-state index contributed by atoms with van der Waals surface area (Å²) in [5.41, 5.74) is 0.350. The Labute approximate surface area is 152 Å². The molecule has 0 radical (unpaired) electrons. The number of benzene rings is 2. The fourth-order valence-electron chi connectivity index (χ4n) is 1.87. The summed E-state index contributed by atoms with van der Waals surface area (Å²) >= 11 is 1.14. The third kappa shape index (κ3) is 5.85. The standard InChI is InChI=1S/C17H15FN2O5S/c1-11(17(22)19-13-4-2-12(18)3-5-13)25-16(21)10-26-15-8-6-14(7-9-15)20(23)24/h2-9,11H,10H2,1H3,(H,19,22)/t11-/m1/s1. The topological polar surface area (TPSA) is 98.5 Å². The van der Waals surface area contributed by atoms with E-state index in [1.54, 1.807) is 0 Å². The highest BCUT2D eigenvalue weighted by molar-refractivity contribution is 8.00. The van der Waals surface area contributed by atoms with E-state index in [-0.39, 0.29) is 11.4 Å². The minimum atomic E-state index is -1.02. The zero-order valence-corrected chi connectivity index (χ0v) is 14.5. The largest absolute Gasteiger partial charge is 0.452 e. The first-order valence-corrected chi connectivity index (χ1v) is 8.47.